The van der Waals surface area contributed by atoms with Crippen LogP contribution in [0.25, 0.3) is 0 Å². The summed E-state index contributed by atoms with van der Waals surface area (Å²) in [7, 11) is -2.21. The van der Waals surface area contributed by atoms with Crippen LogP contribution in [0.15, 0.2) is 82.6 Å². The third-order valence-corrected chi connectivity index (χ3v) is 6.74. The van der Waals surface area contributed by atoms with E-state index < -0.39 is 10.0 Å². The van der Waals surface area contributed by atoms with E-state index in [1.54, 1.807) is 61.3 Å². The lowest BCUT2D eigenvalue weighted by atomic mass is 10.2. The first-order valence-electron chi connectivity index (χ1n) is 9.62. The number of ether oxygens (including phenoxy) is 1. The molecule has 0 aliphatic heterocycles. The van der Waals surface area contributed by atoms with E-state index in [4.69, 9.17) is 4.74 Å². The number of hydrogen-bond donors (Lipinski definition) is 2. The lowest BCUT2D eigenvalue weighted by Crippen LogP contribution is -2.15. The molecule has 6 nitrogen and oxygen atoms in total. The Morgan fingerprint density at radius 1 is 0.903 bits per heavy atom. The fourth-order valence-corrected chi connectivity index (χ4v) is 4.81. The molecule has 0 saturated carbocycles. The molecule has 0 unspecified atom stereocenters. The molecule has 0 bridgehead atoms. The van der Waals surface area contributed by atoms with E-state index in [1.165, 1.54) is 12.1 Å². The van der Waals surface area contributed by atoms with Gasteiger partial charge in [0.25, 0.3) is 15.9 Å². The van der Waals surface area contributed by atoms with Crippen molar-refractivity contribution in [2.24, 2.45) is 0 Å². The first-order chi connectivity index (χ1) is 14.8. The van der Waals surface area contributed by atoms with Crippen molar-refractivity contribution in [3.05, 3.63) is 78.4 Å². The van der Waals surface area contributed by atoms with Gasteiger partial charge in [0.15, 0.2) is 0 Å². The highest BCUT2D eigenvalue weighted by Crippen LogP contribution is 2.27. The van der Waals surface area contributed by atoms with Crippen molar-refractivity contribution in [3.63, 3.8) is 0 Å². The van der Waals surface area contributed by atoms with Crippen LogP contribution >= 0.6 is 11.8 Å². The standard InChI is InChI=1S/C23H24N2O4S2/c1-16(2)30-22-7-5-4-6-21(22)23(26)24-17-10-14-20(15-11-17)31(27,28)25-18-8-12-19(29-3)13-9-18/h4-16,25H,1-3H3,(H,24,26). The Balaban J connectivity index is 1.72. The smallest absolute Gasteiger partial charge is 0.261 e. The Hall–Kier alpha value is -2.97. The van der Waals surface area contributed by atoms with Crippen molar-refractivity contribution in [1.82, 2.24) is 0 Å². The highest BCUT2D eigenvalue weighted by molar-refractivity contribution is 8.00. The van der Waals surface area contributed by atoms with Gasteiger partial charge in [0, 0.05) is 21.5 Å². The molecule has 0 fully saturated rings. The second kappa shape index (κ2) is 9.89. The van der Waals surface area contributed by atoms with E-state index in [1.807, 2.05) is 18.2 Å². The number of hydrogen-bond acceptors (Lipinski definition) is 5. The third kappa shape index (κ3) is 6.02. The number of rotatable bonds is 8. The Labute approximate surface area is 187 Å². The van der Waals surface area contributed by atoms with Crippen LogP contribution in [0.1, 0.15) is 24.2 Å². The molecule has 0 radical (unpaired) electrons. The van der Waals surface area contributed by atoms with Crippen LogP contribution in [0.4, 0.5) is 11.4 Å². The minimum absolute atomic E-state index is 0.0945. The number of carbonyl (C=O) groups excluding carboxylic acids is 1. The molecule has 0 aliphatic carbocycles. The minimum atomic E-state index is -3.76. The van der Waals surface area contributed by atoms with Gasteiger partial charge in [0.2, 0.25) is 0 Å². The van der Waals surface area contributed by atoms with Crippen molar-refractivity contribution >= 4 is 39.1 Å². The summed E-state index contributed by atoms with van der Waals surface area (Å²) in [6.45, 7) is 4.14. The maximum Gasteiger partial charge on any atom is 0.261 e. The molecule has 3 aromatic carbocycles. The maximum atomic E-state index is 12.7. The molecule has 0 aromatic heterocycles. The highest BCUT2D eigenvalue weighted by atomic mass is 32.2. The summed E-state index contributed by atoms with van der Waals surface area (Å²) in [4.78, 5) is 13.7. The van der Waals surface area contributed by atoms with E-state index in [0.29, 0.717) is 27.9 Å². The molecule has 2 N–H and O–H groups in total. The molecule has 0 aliphatic rings. The van der Waals surface area contributed by atoms with Crippen molar-refractivity contribution in [2.75, 3.05) is 17.1 Å². The van der Waals surface area contributed by atoms with E-state index in [0.717, 1.165) is 4.90 Å². The summed E-state index contributed by atoms with van der Waals surface area (Å²) in [6.07, 6.45) is 0. The molecule has 0 spiro atoms. The van der Waals surface area contributed by atoms with Gasteiger partial charge in [-0.2, -0.15) is 0 Å². The quantitative estimate of drug-likeness (QED) is 0.452. The van der Waals surface area contributed by atoms with Gasteiger partial charge in [-0.3, -0.25) is 9.52 Å². The summed E-state index contributed by atoms with van der Waals surface area (Å²) < 4.78 is 32.8. The monoisotopic (exact) mass is 456 g/mol. The Kier molecular flexibility index (Phi) is 7.25. The molecule has 0 atom stereocenters. The van der Waals surface area contributed by atoms with Gasteiger partial charge in [-0.15, -0.1) is 11.8 Å². The van der Waals surface area contributed by atoms with Gasteiger partial charge in [0.05, 0.1) is 17.6 Å². The average molecular weight is 457 g/mol. The normalized spacial score (nSPS) is 11.2. The lowest BCUT2D eigenvalue weighted by Gasteiger charge is -2.12. The Bertz CT molecular complexity index is 1140. The third-order valence-electron chi connectivity index (χ3n) is 4.26. The fourth-order valence-electron chi connectivity index (χ4n) is 2.80. The molecule has 8 heteroatoms. The number of amides is 1. The number of benzene rings is 3. The van der Waals surface area contributed by atoms with Gasteiger partial charge in [-0.05, 0) is 60.7 Å². The first kappa shape index (κ1) is 22.7. The Morgan fingerprint density at radius 2 is 1.52 bits per heavy atom. The molecule has 3 rings (SSSR count). The van der Waals surface area contributed by atoms with Crippen molar-refractivity contribution in [2.45, 2.75) is 28.9 Å². The summed E-state index contributed by atoms with van der Waals surface area (Å²) in [5.41, 5.74) is 1.52. The number of nitrogens with one attached hydrogen (secondary N) is 2. The minimum Gasteiger partial charge on any atom is -0.497 e. The van der Waals surface area contributed by atoms with Gasteiger partial charge in [-0.1, -0.05) is 26.0 Å². The summed E-state index contributed by atoms with van der Waals surface area (Å²) in [5, 5.41) is 3.18. The number of thioether (sulfide) groups is 1. The lowest BCUT2D eigenvalue weighted by molar-refractivity contribution is 0.102. The van der Waals surface area contributed by atoms with Crippen LogP contribution in [-0.4, -0.2) is 26.7 Å². The van der Waals surface area contributed by atoms with Crippen molar-refractivity contribution < 1.29 is 17.9 Å². The molecular weight excluding hydrogens is 432 g/mol. The van der Waals surface area contributed by atoms with Crippen LogP contribution in [0, 0.1) is 0 Å². The zero-order valence-corrected chi connectivity index (χ0v) is 19.1. The molecule has 0 saturated heterocycles. The van der Waals surface area contributed by atoms with Crippen LogP contribution in [0.3, 0.4) is 0 Å². The molecule has 3 aromatic rings. The Morgan fingerprint density at radius 3 is 2.13 bits per heavy atom. The highest BCUT2D eigenvalue weighted by Gasteiger charge is 2.16. The van der Waals surface area contributed by atoms with Crippen LogP contribution in [-0.2, 0) is 10.0 Å². The summed E-state index contributed by atoms with van der Waals surface area (Å²) in [6, 6.07) is 20.0. The largest absolute Gasteiger partial charge is 0.497 e. The zero-order valence-electron chi connectivity index (χ0n) is 17.5. The van der Waals surface area contributed by atoms with E-state index in [9.17, 15) is 13.2 Å². The second-order valence-corrected chi connectivity index (χ2v) is 10.3. The predicted molar refractivity (Wildman–Crippen MR) is 126 cm³/mol. The predicted octanol–water partition coefficient (Wildman–Crippen LogP) is 5.25. The summed E-state index contributed by atoms with van der Waals surface area (Å²) in [5.74, 6) is 0.395. The van der Waals surface area contributed by atoms with E-state index >= 15 is 0 Å². The summed E-state index contributed by atoms with van der Waals surface area (Å²) >= 11 is 1.62. The average Bonchev–Trinajstić information content (AvgIpc) is 2.74. The number of carbonyl (C=O) groups is 1. The molecule has 31 heavy (non-hydrogen) atoms. The number of methoxy groups -OCH3 is 1. The maximum absolute atomic E-state index is 12.7. The SMILES string of the molecule is COc1ccc(NS(=O)(=O)c2ccc(NC(=O)c3ccccc3SC(C)C)cc2)cc1. The van der Waals surface area contributed by atoms with Crippen LogP contribution < -0.4 is 14.8 Å². The fraction of sp³-hybridized carbons (Fsp3) is 0.174. The van der Waals surface area contributed by atoms with Crippen molar-refractivity contribution in [1.29, 1.82) is 0 Å². The molecule has 162 valence electrons. The van der Waals surface area contributed by atoms with E-state index in [-0.39, 0.29) is 10.8 Å². The van der Waals surface area contributed by atoms with Crippen LogP contribution in [0.5, 0.6) is 5.75 Å². The molecular formula is C23H24N2O4S2. The molecule has 0 heterocycles. The molecule has 1 amide bonds. The second-order valence-electron chi connectivity index (χ2n) is 6.98. The zero-order chi connectivity index (χ0) is 22.4. The van der Waals surface area contributed by atoms with Gasteiger partial charge in [-0.25, -0.2) is 8.42 Å². The van der Waals surface area contributed by atoms with Crippen molar-refractivity contribution in [3.8, 4) is 5.75 Å². The number of sulfonamides is 1. The topological polar surface area (TPSA) is 84.5 Å². The van der Waals surface area contributed by atoms with Crippen LogP contribution in [0.2, 0.25) is 0 Å². The van der Waals surface area contributed by atoms with E-state index in [2.05, 4.69) is 23.9 Å². The van der Waals surface area contributed by atoms with Gasteiger partial charge >= 0.3 is 0 Å². The number of anilines is 2. The van der Waals surface area contributed by atoms with Gasteiger partial charge in [0.1, 0.15) is 5.75 Å². The van der Waals surface area contributed by atoms with Gasteiger partial charge < -0.3 is 10.1 Å². The first-order valence-corrected chi connectivity index (χ1v) is 12.0.